The zero-order valence-corrected chi connectivity index (χ0v) is 19.3. The van der Waals surface area contributed by atoms with Gasteiger partial charge in [-0.2, -0.15) is 0 Å². The van der Waals surface area contributed by atoms with Gasteiger partial charge in [0.2, 0.25) is 5.95 Å². The van der Waals surface area contributed by atoms with Gasteiger partial charge in [0.05, 0.1) is 5.69 Å². The van der Waals surface area contributed by atoms with Gasteiger partial charge in [-0.05, 0) is 55.2 Å². The zero-order chi connectivity index (χ0) is 22.5. The molecule has 0 saturated carbocycles. The van der Waals surface area contributed by atoms with Gasteiger partial charge in [0.1, 0.15) is 0 Å². The summed E-state index contributed by atoms with van der Waals surface area (Å²) in [5.74, 6) is 0.893. The van der Waals surface area contributed by atoms with Crippen LogP contribution in [-0.4, -0.2) is 27.6 Å². The molecule has 0 bridgehead atoms. The summed E-state index contributed by atoms with van der Waals surface area (Å²) in [4.78, 5) is 23.6. The summed E-state index contributed by atoms with van der Waals surface area (Å²) in [6, 6.07) is 5.27. The lowest BCUT2D eigenvalue weighted by Gasteiger charge is -2.35. The highest BCUT2D eigenvalue weighted by molar-refractivity contribution is 6.35. The third-order valence-corrected chi connectivity index (χ3v) is 5.77. The van der Waals surface area contributed by atoms with Crippen LogP contribution >= 0.6 is 23.2 Å². The van der Waals surface area contributed by atoms with E-state index in [1.807, 2.05) is 25.1 Å². The molecule has 2 aromatic rings. The Morgan fingerprint density at radius 1 is 1.23 bits per heavy atom. The number of aromatic nitrogens is 3. The molecule has 1 saturated heterocycles. The fourth-order valence-electron chi connectivity index (χ4n) is 3.74. The summed E-state index contributed by atoms with van der Waals surface area (Å²) in [7, 11) is 1.76. The van der Waals surface area contributed by atoms with Crippen molar-refractivity contribution in [1.82, 2.24) is 14.5 Å². The molecule has 5 nitrogen and oxygen atoms in total. The predicted molar refractivity (Wildman–Crippen MR) is 129 cm³/mol. The fourth-order valence-corrected chi connectivity index (χ4v) is 4.21. The van der Waals surface area contributed by atoms with E-state index in [0.29, 0.717) is 21.7 Å². The van der Waals surface area contributed by atoms with Crippen LogP contribution in [0.2, 0.25) is 0 Å². The minimum atomic E-state index is -0.0907. The maximum absolute atomic E-state index is 12.6. The highest BCUT2D eigenvalue weighted by atomic mass is 35.5. The maximum atomic E-state index is 12.6. The average Bonchev–Trinajstić information content (AvgIpc) is 2.75. The van der Waals surface area contributed by atoms with Crippen molar-refractivity contribution in [3.63, 3.8) is 0 Å². The van der Waals surface area contributed by atoms with E-state index in [0.717, 1.165) is 42.6 Å². The minimum Gasteiger partial charge on any atom is -0.342 e. The number of anilines is 1. The lowest BCUT2D eigenvalue weighted by molar-refractivity contribution is 0.459. The second-order valence-electron chi connectivity index (χ2n) is 7.69. The van der Waals surface area contributed by atoms with Gasteiger partial charge in [0.15, 0.2) is 0 Å². The van der Waals surface area contributed by atoms with Crippen molar-refractivity contribution in [2.45, 2.75) is 19.8 Å². The van der Waals surface area contributed by atoms with Crippen LogP contribution in [0.3, 0.4) is 0 Å². The molecule has 0 radical (unpaired) electrons. The first-order valence-corrected chi connectivity index (χ1v) is 10.8. The monoisotopic (exact) mass is 456 g/mol. The molecule has 2 aromatic heterocycles. The second kappa shape index (κ2) is 10.1. The molecule has 3 rings (SSSR count). The van der Waals surface area contributed by atoms with Crippen LogP contribution in [0.1, 0.15) is 19.8 Å². The number of piperidine rings is 1. The largest absolute Gasteiger partial charge is 0.342 e. The lowest BCUT2D eigenvalue weighted by atomic mass is 9.87. The average molecular weight is 457 g/mol. The molecule has 162 valence electrons. The van der Waals surface area contributed by atoms with Crippen LogP contribution in [0, 0.1) is 5.92 Å². The van der Waals surface area contributed by atoms with Crippen LogP contribution in [0.25, 0.3) is 11.3 Å². The molecule has 0 spiro atoms. The van der Waals surface area contributed by atoms with Crippen LogP contribution in [0.4, 0.5) is 5.95 Å². The van der Waals surface area contributed by atoms with Crippen molar-refractivity contribution < 1.29 is 0 Å². The number of hydrogen-bond donors (Lipinski definition) is 0. The van der Waals surface area contributed by atoms with Crippen molar-refractivity contribution >= 4 is 29.2 Å². The Bertz CT molecular complexity index is 1100. The van der Waals surface area contributed by atoms with Gasteiger partial charge in [-0.15, -0.1) is 0 Å². The number of nitrogens with zero attached hydrogens (tertiary/aromatic N) is 4. The molecule has 0 aromatic carbocycles. The van der Waals surface area contributed by atoms with Crippen LogP contribution in [-0.2, 0) is 7.05 Å². The Kier molecular flexibility index (Phi) is 7.52. The molecular weight excluding hydrogens is 431 g/mol. The van der Waals surface area contributed by atoms with Crippen LogP contribution in [0.15, 0.2) is 81.9 Å². The molecular formula is C24H26Cl2N4O. The number of halogens is 2. The standard InChI is InChI=1S/C24H26Cl2N4O/c1-16(12-21(26)13-17(2)25)18(3)20-6-5-11-30(15-20)24-28-22(14-23(31)29(24)4)19-7-9-27-10-8-19/h7-10,12-14,20H,2-3,5-6,11,15H2,1,4H3/b16-12+,21-13+. The number of rotatable bonds is 6. The normalized spacial score (nSPS) is 17.5. The highest BCUT2D eigenvalue weighted by Crippen LogP contribution is 2.30. The van der Waals surface area contributed by atoms with Gasteiger partial charge in [-0.3, -0.25) is 14.3 Å². The van der Waals surface area contributed by atoms with E-state index < -0.39 is 0 Å². The predicted octanol–water partition coefficient (Wildman–Crippen LogP) is 5.44. The minimum absolute atomic E-state index is 0.0907. The molecule has 1 aliphatic heterocycles. The summed E-state index contributed by atoms with van der Waals surface area (Å²) < 4.78 is 1.60. The van der Waals surface area contributed by atoms with Crippen molar-refractivity contribution in [2.75, 3.05) is 18.0 Å². The maximum Gasteiger partial charge on any atom is 0.255 e. The van der Waals surface area contributed by atoms with Gasteiger partial charge in [-0.1, -0.05) is 36.4 Å². The van der Waals surface area contributed by atoms with Crippen molar-refractivity contribution in [1.29, 1.82) is 0 Å². The Balaban J connectivity index is 1.86. The molecule has 1 unspecified atom stereocenters. The van der Waals surface area contributed by atoms with Gasteiger partial charge in [0, 0.05) is 60.1 Å². The number of pyridine rings is 1. The van der Waals surface area contributed by atoms with E-state index in [9.17, 15) is 4.79 Å². The number of hydrogen-bond acceptors (Lipinski definition) is 4. The Morgan fingerprint density at radius 2 is 1.94 bits per heavy atom. The highest BCUT2D eigenvalue weighted by Gasteiger charge is 2.25. The van der Waals surface area contributed by atoms with Crippen LogP contribution < -0.4 is 10.5 Å². The molecule has 3 heterocycles. The Morgan fingerprint density at radius 3 is 2.61 bits per heavy atom. The van der Waals surface area contributed by atoms with Gasteiger partial charge < -0.3 is 4.90 Å². The molecule has 31 heavy (non-hydrogen) atoms. The first-order valence-electron chi connectivity index (χ1n) is 10.1. The quantitative estimate of drug-likeness (QED) is 0.543. The van der Waals surface area contributed by atoms with Gasteiger partial charge >= 0.3 is 0 Å². The number of allylic oxidation sites excluding steroid dienone is 5. The van der Waals surface area contributed by atoms with E-state index >= 15 is 0 Å². The third-order valence-electron chi connectivity index (χ3n) is 5.44. The van der Waals surface area contributed by atoms with Gasteiger partial charge in [0.25, 0.3) is 5.56 Å². The molecule has 1 atom stereocenters. The SMILES string of the molecule is C=C(Cl)/C=C(Cl)\C=C(/C)C(=C)C1CCCN(c2nc(-c3ccncc3)cc(=O)n2C)C1. The first kappa shape index (κ1) is 23.0. The molecule has 0 N–H and O–H groups in total. The molecule has 7 heteroatoms. The topological polar surface area (TPSA) is 51.0 Å². The second-order valence-corrected chi connectivity index (χ2v) is 8.61. The van der Waals surface area contributed by atoms with Crippen molar-refractivity contribution in [3.8, 4) is 11.3 Å². The van der Waals surface area contributed by atoms with Crippen molar-refractivity contribution in [2.24, 2.45) is 13.0 Å². The smallest absolute Gasteiger partial charge is 0.255 e. The molecule has 0 aliphatic carbocycles. The van der Waals surface area contributed by atoms with Gasteiger partial charge in [-0.25, -0.2) is 4.98 Å². The lowest BCUT2D eigenvalue weighted by Crippen LogP contribution is -2.40. The summed E-state index contributed by atoms with van der Waals surface area (Å²) in [5.41, 5.74) is 3.45. The third kappa shape index (κ3) is 5.75. The van der Waals surface area contributed by atoms with E-state index in [1.54, 1.807) is 36.2 Å². The Hall–Kier alpha value is -2.63. The summed E-state index contributed by atoms with van der Waals surface area (Å²) >= 11 is 12.0. The summed E-state index contributed by atoms with van der Waals surface area (Å²) in [6.07, 6.45) is 8.86. The fraction of sp³-hybridized carbons (Fsp3) is 0.292. The molecule has 0 amide bonds. The van der Waals surface area contributed by atoms with Crippen LogP contribution in [0.5, 0.6) is 0 Å². The zero-order valence-electron chi connectivity index (χ0n) is 17.8. The van der Waals surface area contributed by atoms with E-state index in [-0.39, 0.29) is 11.5 Å². The Labute approximate surface area is 193 Å². The van der Waals surface area contributed by atoms with E-state index in [1.165, 1.54) is 0 Å². The van der Waals surface area contributed by atoms with E-state index in [4.69, 9.17) is 28.2 Å². The first-order chi connectivity index (χ1) is 14.8. The molecule has 1 aliphatic rings. The van der Waals surface area contributed by atoms with E-state index in [2.05, 4.69) is 23.0 Å². The summed E-state index contributed by atoms with van der Waals surface area (Å²) in [6.45, 7) is 11.5. The molecule has 1 fully saturated rings. The summed E-state index contributed by atoms with van der Waals surface area (Å²) in [5, 5.41) is 0.894. The van der Waals surface area contributed by atoms with Crippen molar-refractivity contribution in [3.05, 3.63) is 87.5 Å².